The van der Waals surface area contributed by atoms with Crippen molar-refractivity contribution >= 4 is 16.7 Å². The van der Waals surface area contributed by atoms with Crippen LogP contribution in [0.25, 0.3) is 10.8 Å². The highest BCUT2D eigenvalue weighted by molar-refractivity contribution is 5.88. The Labute approximate surface area is 144 Å². The van der Waals surface area contributed by atoms with Crippen molar-refractivity contribution in [3.05, 3.63) is 42.5 Å². The van der Waals surface area contributed by atoms with Crippen LogP contribution in [-0.4, -0.2) is 41.2 Å². The summed E-state index contributed by atoms with van der Waals surface area (Å²) in [6.45, 7) is 6.37. The fourth-order valence-electron chi connectivity index (χ4n) is 2.75. The number of aliphatic hydroxyl groups excluding tert-OH is 1. The molecule has 0 spiro atoms. The average molecular weight is 329 g/mol. The lowest BCUT2D eigenvalue weighted by molar-refractivity contribution is -0.134. The predicted octanol–water partition coefficient (Wildman–Crippen LogP) is 3.62. The molecule has 0 radical (unpaired) electrons. The molecule has 0 heterocycles. The van der Waals surface area contributed by atoms with E-state index >= 15 is 0 Å². The lowest BCUT2D eigenvalue weighted by Gasteiger charge is -2.29. The minimum Gasteiger partial charge on any atom is -0.490 e. The third kappa shape index (κ3) is 4.71. The molecule has 4 nitrogen and oxygen atoms in total. The molecule has 1 N–H and O–H groups in total. The lowest BCUT2D eigenvalue weighted by Crippen LogP contribution is -2.43. The fourth-order valence-corrected chi connectivity index (χ4v) is 2.75. The van der Waals surface area contributed by atoms with E-state index in [0.29, 0.717) is 13.0 Å². The zero-order valence-electron chi connectivity index (χ0n) is 14.7. The van der Waals surface area contributed by atoms with E-state index in [2.05, 4.69) is 0 Å². The van der Waals surface area contributed by atoms with Crippen molar-refractivity contribution in [3.63, 3.8) is 0 Å². The first-order chi connectivity index (χ1) is 11.5. The number of carbonyl (C=O) groups excluding carboxylic acids is 1. The number of aliphatic hydroxyl groups is 1. The summed E-state index contributed by atoms with van der Waals surface area (Å²) in [7, 11) is 0. The highest BCUT2D eigenvalue weighted by atomic mass is 16.5. The Hall–Kier alpha value is -2.07. The van der Waals surface area contributed by atoms with Crippen molar-refractivity contribution < 1.29 is 14.6 Å². The smallest absolute Gasteiger partial charge is 0.222 e. The van der Waals surface area contributed by atoms with Gasteiger partial charge in [0.15, 0.2) is 0 Å². The van der Waals surface area contributed by atoms with Gasteiger partial charge in [0.05, 0.1) is 6.54 Å². The quantitative estimate of drug-likeness (QED) is 0.805. The highest BCUT2D eigenvalue weighted by Gasteiger charge is 2.20. The van der Waals surface area contributed by atoms with Gasteiger partial charge >= 0.3 is 0 Å². The van der Waals surface area contributed by atoms with E-state index in [-0.39, 0.29) is 18.6 Å². The van der Waals surface area contributed by atoms with Gasteiger partial charge in [-0.1, -0.05) is 43.3 Å². The van der Waals surface area contributed by atoms with Crippen LogP contribution in [0.4, 0.5) is 0 Å². The molecular formula is C20H27NO3. The van der Waals surface area contributed by atoms with E-state index in [1.807, 2.05) is 63.2 Å². The second-order valence-electron chi connectivity index (χ2n) is 6.33. The van der Waals surface area contributed by atoms with Crippen molar-refractivity contribution in [2.45, 2.75) is 45.8 Å². The molecule has 0 saturated carbocycles. The van der Waals surface area contributed by atoms with Crippen molar-refractivity contribution in [1.82, 2.24) is 4.90 Å². The van der Waals surface area contributed by atoms with Crippen LogP contribution in [0.15, 0.2) is 42.5 Å². The maximum atomic E-state index is 12.1. The van der Waals surface area contributed by atoms with Gasteiger partial charge in [0, 0.05) is 17.8 Å². The van der Waals surface area contributed by atoms with Crippen LogP contribution < -0.4 is 4.74 Å². The lowest BCUT2D eigenvalue weighted by atomic mass is 10.1. The number of ether oxygens (including phenoxy) is 1. The summed E-state index contributed by atoms with van der Waals surface area (Å²) < 4.78 is 5.81. The maximum Gasteiger partial charge on any atom is 0.222 e. The molecule has 2 rings (SSSR count). The van der Waals surface area contributed by atoms with Crippen LogP contribution in [0.3, 0.4) is 0 Å². The van der Waals surface area contributed by atoms with Gasteiger partial charge in [-0.15, -0.1) is 0 Å². The summed E-state index contributed by atoms with van der Waals surface area (Å²) in [5.41, 5.74) is 0. The van der Waals surface area contributed by atoms with E-state index in [9.17, 15) is 9.90 Å². The Morgan fingerprint density at radius 1 is 1.17 bits per heavy atom. The van der Waals surface area contributed by atoms with Gasteiger partial charge in [0.2, 0.25) is 5.91 Å². The molecule has 0 unspecified atom stereocenters. The minimum atomic E-state index is -0.716. The van der Waals surface area contributed by atoms with Crippen molar-refractivity contribution in [1.29, 1.82) is 0 Å². The summed E-state index contributed by atoms with van der Waals surface area (Å²) in [5, 5.41) is 12.4. The molecule has 0 fully saturated rings. The predicted molar refractivity (Wildman–Crippen MR) is 97.2 cm³/mol. The van der Waals surface area contributed by atoms with E-state index in [1.54, 1.807) is 4.90 Å². The van der Waals surface area contributed by atoms with Gasteiger partial charge in [-0.3, -0.25) is 4.79 Å². The molecular weight excluding hydrogens is 302 g/mol. The molecule has 0 aromatic heterocycles. The van der Waals surface area contributed by atoms with Crippen molar-refractivity contribution in [2.75, 3.05) is 13.2 Å². The molecule has 0 saturated heterocycles. The molecule has 4 heteroatoms. The van der Waals surface area contributed by atoms with Gasteiger partial charge < -0.3 is 14.7 Å². The normalized spacial score (nSPS) is 12.4. The first kappa shape index (κ1) is 18.3. The zero-order valence-corrected chi connectivity index (χ0v) is 14.7. The molecule has 1 amide bonds. The monoisotopic (exact) mass is 329 g/mol. The van der Waals surface area contributed by atoms with E-state index in [1.165, 1.54) is 0 Å². The maximum absolute atomic E-state index is 12.1. The standard InChI is InChI=1S/C20H27NO3/c1-4-8-20(23)21(15(2)3)13-17(22)14-24-19-12-7-10-16-9-5-6-11-18(16)19/h5-7,9-12,15,17,22H,4,8,13-14H2,1-3H3/t17-/m1/s1. The van der Waals surface area contributed by atoms with Crippen molar-refractivity contribution in [3.8, 4) is 5.75 Å². The van der Waals surface area contributed by atoms with E-state index in [4.69, 9.17) is 4.74 Å². The van der Waals surface area contributed by atoms with Gasteiger partial charge in [-0.05, 0) is 31.7 Å². The van der Waals surface area contributed by atoms with Gasteiger partial charge in [0.25, 0.3) is 0 Å². The first-order valence-electron chi connectivity index (χ1n) is 8.61. The number of amides is 1. The molecule has 0 aliphatic carbocycles. The molecule has 1 atom stereocenters. The summed E-state index contributed by atoms with van der Waals surface area (Å²) in [6, 6.07) is 13.9. The van der Waals surface area contributed by atoms with Crippen LogP contribution in [0.1, 0.15) is 33.6 Å². The molecule has 24 heavy (non-hydrogen) atoms. The largest absolute Gasteiger partial charge is 0.490 e. The zero-order chi connectivity index (χ0) is 17.5. The number of rotatable bonds is 8. The van der Waals surface area contributed by atoms with Gasteiger partial charge in [-0.2, -0.15) is 0 Å². The Kier molecular flexibility index (Phi) is 6.62. The number of carbonyl (C=O) groups is 1. The molecule has 2 aromatic carbocycles. The molecule has 0 bridgehead atoms. The Balaban J connectivity index is 1.98. The summed E-state index contributed by atoms with van der Waals surface area (Å²) in [5.74, 6) is 0.833. The molecule has 0 aliphatic rings. The number of hydrogen-bond donors (Lipinski definition) is 1. The van der Waals surface area contributed by atoms with E-state index < -0.39 is 6.10 Å². The topological polar surface area (TPSA) is 49.8 Å². The first-order valence-corrected chi connectivity index (χ1v) is 8.61. The van der Waals surface area contributed by atoms with Crippen LogP contribution in [0.5, 0.6) is 5.75 Å². The second kappa shape index (κ2) is 8.69. The minimum absolute atomic E-state index is 0.0660. The molecule has 0 aliphatic heterocycles. The number of fused-ring (bicyclic) bond motifs is 1. The summed E-state index contributed by atoms with van der Waals surface area (Å²) >= 11 is 0. The second-order valence-corrected chi connectivity index (χ2v) is 6.33. The summed E-state index contributed by atoms with van der Waals surface area (Å²) in [6.07, 6.45) is 0.604. The number of benzene rings is 2. The Morgan fingerprint density at radius 3 is 2.58 bits per heavy atom. The highest BCUT2D eigenvalue weighted by Crippen LogP contribution is 2.25. The van der Waals surface area contributed by atoms with Gasteiger partial charge in [-0.25, -0.2) is 0 Å². The molecule has 2 aromatic rings. The SMILES string of the molecule is CCCC(=O)N(C[C@@H](O)COc1cccc2ccccc12)C(C)C. The Morgan fingerprint density at radius 2 is 1.88 bits per heavy atom. The summed E-state index contributed by atoms with van der Waals surface area (Å²) in [4.78, 5) is 13.9. The number of hydrogen-bond acceptors (Lipinski definition) is 3. The number of nitrogens with zero attached hydrogens (tertiary/aromatic N) is 1. The molecule has 130 valence electrons. The van der Waals surface area contributed by atoms with E-state index in [0.717, 1.165) is 22.9 Å². The van der Waals surface area contributed by atoms with Gasteiger partial charge in [0.1, 0.15) is 18.5 Å². The third-order valence-electron chi connectivity index (χ3n) is 4.00. The van der Waals surface area contributed by atoms with Crippen LogP contribution in [0.2, 0.25) is 0 Å². The fraction of sp³-hybridized carbons (Fsp3) is 0.450. The Bertz CT molecular complexity index is 663. The van der Waals surface area contributed by atoms with Crippen LogP contribution in [0, 0.1) is 0 Å². The van der Waals surface area contributed by atoms with Crippen molar-refractivity contribution in [2.24, 2.45) is 0 Å². The average Bonchev–Trinajstić information content (AvgIpc) is 2.57. The third-order valence-corrected chi connectivity index (χ3v) is 4.00. The van der Waals surface area contributed by atoms with Crippen LogP contribution >= 0.6 is 0 Å². The van der Waals surface area contributed by atoms with Crippen LogP contribution in [-0.2, 0) is 4.79 Å².